The number of carbonyl (C=O) groups excluding carboxylic acids is 4. The monoisotopic (exact) mass is 934 g/mol. The average Bonchev–Trinajstić information content (AvgIpc) is 4.17. The number of rotatable bonds is 15. The number of nitrogens with one attached hydrogen (secondary N) is 3. The Hall–Kier alpha value is -7.57. The molecule has 0 radical (unpaired) electrons. The van der Waals surface area contributed by atoms with Gasteiger partial charge in [-0.3, -0.25) is 48.5 Å². The van der Waals surface area contributed by atoms with Gasteiger partial charge in [-0.15, -0.1) is 0 Å². The molecule has 18 heteroatoms. The number of halogens is 1. The zero-order chi connectivity index (χ0) is 47.9. The molecule has 6 heterocycles. The van der Waals surface area contributed by atoms with Gasteiger partial charge in [-0.2, -0.15) is 0 Å². The van der Waals surface area contributed by atoms with Crippen molar-refractivity contribution in [2.45, 2.75) is 63.5 Å². The molecule has 3 aromatic carbocycles. The number of piperidine rings is 1. The molecule has 0 bridgehead atoms. The summed E-state index contributed by atoms with van der Waals surface area (Å²) in [6, 6.07) is 18.0. The van der Waals surface area contributed by atoms with E-state index in [1.54, 1.807) is 74.2 Å². The molecular weight excluding hydrogens is 884 g/mol. The van der Waals surface area contributed by atoms with Crippen LogP contribution in [-0.4, -0.2) is 103 Å². The molecular formula is C51H51FN10O7. The molecule has 3 aromatic heterocycles. The Kier molecular flexibility index (Phi) is 12.3. The number of carbonyl (C=O) groups is 4. The third-order valence-electron chi connectivity index (χ3n) is 13.6. The Balaban J connectivity index is 0.721. The lowest BCUT2D eigenvalue weighted by Gasteiger charge is -2.36. The van der Waals surface area contributed by atoms with Crippen molar-refractivity contribution in [3.05, 3.63) is 134 Å². The zero-order valence-corrected chi connectivity index (χ0v) is 38.0. The largest absolute Gasteiger partial charge is 0.392 e. The smallest absolute Gasteiger partial charge is 0.293 e. The first-order valence-corrected chi connectivity index (χ1v) is 23.4. The molecule has 1 unspecified atom stereocenters. The first-order valence-electron chi connectivity index (χ1n) is 23.4. The highest BCUT2D eigenvalue weighted by atomic mass is 19.1. The first kappa shape index (κ1) is 45.2. The second kappa shape index (κ2) is 18.8. The van der Waals surface area contributed by atoms with Crippen molar-refractivity contribution in [2.75, 3.05) is 54.8 Å². The van der Waals surface area contributed by atoms with Gasteiger partial charge in [0, 0.05) is 75.4 Å². The number of aliphatic hydroxyl groups excluding tert-OH is 1. The van der Waals surface area contributed by atoms with Crippen molar-refractivity contribution in [3.8, 4) is 16.9 Å². The lowest BCUT2D eigenvalue weighted by Crippen LogP contribution is -2.54. The predicted octanol–water partition coefficient (Wildman–Crippen LogP) is 5.20. The number of hydrogen-bond acceptors (Lipinski definition) is 13. The molecule has 1 atom stereocenters. The van der Waals surface area contributed by atoms with Crippen LogP contribution in [0.5, 0.6) is 0 Å². The summed E-state index contributed by atoms with van der Waals surface area (Å²) in [6.45, 7) is 4.49. The second-order valence-electron chi connectivity index (χ2n) is 18.1. The van der Waals surface area contributed by atoms with Crippen LogP contribution in [-0.2, 0) is 23.2 Å². The maximum atomic E-state index is 15.4. The number of hydrogen-bond donors (Lipinski definition) is 4. The number of amides is 4. The fourth-order valence-corrected chi connectivity index (χ4v) is 9.74. The minimum absolute atomic E-state index is 0.0157. The molecule has 17 nitrogen and oxygen atoms in total. The van der Waals surface area contributed by atoms with Gasteiger partial charge >= 0.3 is 0 Å². The maximum absolute atomic E-state index is 15.4. The van der Waals surface area contributed by atoms with Crippen LogP contribution >= 0.6 is 0 Å². The summed E-state index contributed by atoms with van der Waals surface area (Å²) in [7, 11) is 1.61. The molecule has 6 aromatic rings. The lowest BCUT2D eigenvalue weighted by molar-refractivity contribution is -0.136. The second-order valence-corrected chi connectivity index (χ2v) is 18.1. The van der Waals surface area contributed by atoms with Crippen LogP contribution in [0.15, 0.2) is 94.9 Å². The summed E-state index contributed by atoms with van der Waals surface area (Å²) in [5.74, 6) is -1.89. The van der Waals surface area contributed by atoms with Gasteiger partial charge in [0.05, 0.1) is 46.4 Å². The van der Waals surface area contributed by atoms with Crippen molar-refractivity contribution < 1.29 is 28.7 Å². The number of aliphatic hydroxyl groups is 1. The maximum Gasteiger partial charge on any atom is 0.293 e. The van der Waals surface area contributed by atoms with Gasteiger partial charge in [0.1, 0.15) is 17.7 Å². The molecule has 10 rings (SSSR count). The van der Waals surface area contributed by atoms with E-state index < -0.39 is 47.7 Å². The van der Waals surface area contributed by atoms with Crippen LogP contribution in [0.25, 0.3) is 27.7 Å². The summed E-state index contributed by atoms with van der Waals surface area (Å²) in [6.07, 6.45) is 9.93. The third kappa shape index (κ3) is 8.88. The van der Waals surface area contributed by atoms with Gasteiger partial charge in [-0.05, 0) is 98.0 Å². The molecule has 1 aliphatic carbocycles. The van der Waals surface area contributed by atoms with E-state index in [0.717, 1.165) is 81.0 Å². The number of fused-ring (bicyclic) bond motifs is 2. The van der Waals surface area contributed by atoms with Gasteiger partial charge < -0.3 is 25.2 Å². The van der Waals surface area contributed by atoms with E-state index >= 15 is 4.39 Å². The lowest BCUT2D eigenvalue weighted by atomic mass is 10.0. The molecule has 2 saturated heterocycles. The minimum Gasteiger partial charge on any atom is -0.392 e. The number of anilines is 4. The van der Waals surface area contributed by atoms with Gasteiger partial charge in [-0.1, -0.05) is 30.7 Å². The fourth-order valence-electron chi connectivity index (χ4n) is 9.74. The zero-order valence-electron chi connectivity index (χ0n) is 38.0. The van der Waals surface area contributed by atoms with Crippen LogP contribution in [0, 0.1) is 5.82 Å². The van der Waals surface area contributed by atoms with E-state index in [1.165, 1.54) is 15.2 Å². The highest BCUT2D eigenvalue weighted by Crippen LogP contribution is 2.41. The number of aryl methyl sites for hydroxylation is 1. The average molecular weight is 935 g/mol. The van der Waals surface area contributed by atoms with Crippen LogP contribution in [0.4, 0.5) is 27.4 Å². The number of nitrogens with zero attached hydrogens (tertiary/aromatic N) is 7. The highest BCUT2D eigenvalue weighted by molar-refractivity contribution is 6.25. The molecule has 354 valence electrons. The Morgan fingerprint density at radius 1 is 0.855 bits per heavy atom. The quantitative estimate of drug-likeness (QED) is 0.0773. The van der Waals surface area contributed by atoms with Crippen LogP contribution in [0.3, 0.4) is 0 Å². The van der Waals surface area contributed by atoms with Crippen LogP contribution in [0.2, 0.25) is 0 Å². The molecule has 0 spiro atoms. The predicted molar refractivity (Wildman–Crippen MR) is 257 cm³/mol. The molecule has 69 heavy (non-hydrogen) atoms. The molecule has 4 N–H and O–H groups in total. The summed E-state index contributed by atoms with van der Waals surface area (Å²) < 4.78 is 18.1. The SMILES string of the molecule is Cn1cc(-c2cccc(-n3ccc4cc(C5CC5)cc(F)c4c3=O)c2CO)nc(Nc2ccc(N3CCN(CCCCCNc4cccc5c4C(=O)N(C4CCC(=O)NC4=O)C5=O)CC3)cn2)c1=O. The van der Waals surface area contributed by atoms with Crippen LogP contribution in [0.1, 0.15) is 82.7 Å². The third-order valence-corrected chi connectivity index (χ3v) is 13.6. The summed E-state index contributed by atoms with van der Waals surface area (Å²) in [4.78, 5) is 92.8. The van der Waals surface area contributed by atoms with E-state index in [-0.39, 0.29) is 40.7 Å². The van der Waals surface area contributed by atoms with Gasteiger partial charge in [0.15, 0.2) is 5.82 Å². The number of piperazine rings is 1. The molecule has 3 aliphatic heterocycles. The van der Waals surface area contributed by atoms with Gasteiger partial charge in [-0.25, -0.2) is 14.4 Å². The molecule has 1 saturated carbocycles. The van der Waals surface area contributed by atoms with Gasteiger partial charge in [0.2, 0.25) is 11.8 Å². The standard InChI is InChI=1S/C51H51FN10O7/c1-58-28-39(34-7-6-10-40(36(34)29-63)61-20-17-31-25-32(30-11-12-30)26-37(52)44(31)49(61)67)55-46(51(58)69)56-42-15-13-33(27-54-42)60-23-21-59(22-24-60)19-4-2-3-18-53-38-9-5-8-35-45(38)50(68)62(48(35)66)41-14-16-43(64)57-47(41)65/h5-10,13,15,17,20,25-28,30,41,53,63H,2-4,11-12,14,16,18-19,21-24,29H2,1H3,(H,54,55,56)(H,57,64,65). The number of pyridine rings is 2. The van der Waals surface area contributed by atoms with Crippen molar-refractivity contribution in [1.82, 2.24) is 34.2 Å². The number of benzene rings is 3. The topological polar surface area (TPSA) is 204 Å². The summed E-state index contributed by atoms with van der Waals surface area (Å²) in [5, 5.41) is 19.8. The fraction of sp³-hybridized carbons (Fsp3) is 0.333. The Morgan fingerprint density at radius 2 is 1.65 bits per heavy atom. The van der Waals surface area contributed by atoms with Crippen molar-refractivity contribution in [2.24, 2.45) is 7.05 Å². The Bertz CT molecular complexity index is 3160. The van der Waals surface area contributed by atoms with Crippen molar-refractivity contribution in [1.29, 1.82) is 0 Å². The molecule has 4 amide bonds. The number of unbranched alkanes of at least 4 members (excludes halogenated alkanes) is 2. The summed E-state index contributed by atoms with van der Waals surface area (Å²) in [5.41, 5.74) is 3.62. The van der Waals surface area contributed by atoms with Crippen LogP contribution < -0.4 is 32.0 Å². The highest BCUT2D eigenvalue weighted by Gasteiger charge is 2.45. The minimum atomic E-state index is -1.01. The van der Waals surface area contributed by atoms with E-state index in [1.807, 2.05) is 12.1 Å². The Morgan fingerprint density at radius 3 is 2.41 bits per heavy atom. The first-order chi connectivity index (χ1) is 33.5. The number of imide groups is 2. The van der Waals surface area contributed by atoms with Gasteiger partial charge in [0.25, 0.3) is 22.9 Å². The number of aromatic nitrogens is 4. The van der Waals surface area contributed by atoms with Crippen molar-refractivity contribution >= 4 is 57.4 Å². The summed E-state index contributed by atoms with van der Waals surface area (Å²) >= 11 is 0. The van der Waals surface area contributed by atoms with E-state index in [0.29, 0.717) is 51.9 Å². The Labute approximate surface area is 395 Å². The van der Waals surface area contributed by atoms with Crippen molar-refractivity contribution in [3.63, 3.8) is 0 Å². The van der Waals surface area contributed by atoms with E-state index in [9.17, 15) is 33.9 Å². The van der Waals surface area contributed by atoms with E-state index in [4.69, 9.17) is 0 Å². The van der Waals surface area contributed by atoms with E-state index in [2.05, 4.69) is 35.7 Å². The normalized spacial score (nSPS) is 17.4. The molecule has 3 fully saturated rings. The molecule has 4 aliphatic rings.